The summed E-state index contributed by atoms with van der Waals surface area (Å²) < 4.78 is 26.8. The van der Waals surface area contributed by atoms with Crippen molar-refractivity contribution >= 4 is 31.8 Å². The second-order valence-corrected chi connectivity index (χ2v) is 5.48. The highest BCUT2D eigenvalue weighted by atomic mass is 79.9. The molecule has 1 heterocycles. The summed E-state index contributed by atoms with van der Waals surface area (Å²) in [7, 11) is -3.26. The van der Waals surface area contributed by atoms with E-state index >= 15 is 0 Å². The Bertz CT molecular complexity index is 438. The Labute approximate surface area is 91.7 Å². The van der Waals surface area contributed by atoms with E-state index < -0.39 is 10.0 Å². The third-order valence-electron chi connectivity index (χ3n) is 1.64. The minimum Gasteiger partial charge on any atom is -0.267 e. The van der Waals surface area contributed by atoms with Crippen LogP contribution in [-0.2, 0) is 16.6 Å². The van der Waals surface area contributed by atoms with Crippen molar-refractivity contribution in [1.82, 2.24) is 9.78 Å². The molecule has 1 N–H and O–H groups in total. The number of nitrogens with zero attached hydrogens (tertiary/aromatic N) is 2. The van der Waals surface area contributed by atoms with Crippen LogP contribution in [0.15, 0.2) is 4.47 Å². The van der Waals surface area contributed by atoms with Crippen LogP contribution in [0.5, 0.6) is 0 Å². The van der Waals surface area contributed by atoms with Crippen molar-refractivity contribution in [1.29, 1.82) is 0 Å². The summed E-state index contributed by atoms with van der Waals surface area (Å²) in [4.78, 5) is 0. The van der Waals surface area contributed by atoms with Gasteiger partial charge in [-0.2, -0.15) is 5.10 Å². The third kappa shape index (κ3) is 2.48. The predicted molar refractivity (Wildman–Crippen MR) is 58.8 cm³/mol. The van der Waals surface area contributed by atoms with Crippen LogP contribution in [0.3, 0.4) is 0 Å². The van der Waals surface area contributed by atoms with Gasteiger partial charge in [-0.25, -0.2) is 13.1 Å². The van der Waals surface area contributed by atoms with E-state index in [0.717, 1.165) is 11.9 Å². The summed E-state index contributed by atoms with van der Waals surface area (Å²) in [5.41, 5.74) is 0.762. The molecule has 0 amide bonds. The monoisotopic (exact) mass is 281 g/mol. The topological polar surface area (TPSA) is 64.0 Å². The number of halogens is 1. The summed E-state index contributed by atoms with van der Waals surface area (Å²) >= 11 is 3.28. The van der Waals surface area contributed by atoms with E-state index in [1.54, 1.807) is 4.68 Å². The normalized spacial score (nSPS) is 11.7. The van der Waals surface area contributed by atoms with Gasteiger partial charge in [-0.05, 0) is 29.8 Å². The molecule has 0 saturated carbocycles. The molecule has 0 radical (unpaired) electrons. The van der Waals surface area contributed by atoms with Gasteiger partial charge in [-0.1, -0.05) is 0 Å². The number of rotatable bonds is 3. The first-order chi connectivity index (χ1) is 6.35. The van der Waals surface area contributed by atoms with Crippen LogP contribution >= 0.6 is 15.9 Å². The van der Waals surface area contributed by atoms with E-state index in [4.69, 9.17) is 0 Å². The molecule has 0 spiro atoms. The molecule has 14 heavy (non-hydrogen) atoms. The molecule has 80 valence electrons. The van der Waals surface area contributed by atoms with Crippen molar-refractivity contribution < 1.29 is 8.42 Å². The molecule has 1 rings (SSSR count). The minimum absolute atomic E-state index is 0.479. The van der Waals surface area contributed by atoms with Gasteiger partial charge >= 0.3 is 0 Å². The van der Waals surface area contributed by atoms with Gasteiger partial charge in [0, 0.05) is 6.54 Å². The van der Waals surface area contributed by atoms with Crippen molar-refractivity contribution in [2.45, 2.75) is 20.4 Å². The van der Waals surface area contributed by atoms with Crippen molar-refractivity contribution in [2.24, 2.45) is 0 Å². The summed E-state index contributed by atoms with van der Waals surface area (Å²) in [6.45, 7) is 4.32. The zero-order valence-corrected chi connectivity index (χ0v) is 10.6. The zero-order valence-electron chi connectivity index (χ0n) is 8.20. The third-order valence-corrected chi connectivity index (χ3v) is 3.15. The number of anilines is 1. The lowest BCUT2D eigenvalue weighted by Gasteiger charge is -2.06. The summed E-state index contributed by atoms with van der Waals surface area (Å²) in [5, 5.41) is 4.16. The molecule has 0 bridgehead atoms. The Morgan fingerprint density at radius 1 is 1.57 bits per heavy atom. The molecule has 0 aliphatic carbocycles. The Morgan fingerprint density at radius 2 is 2.14 bits per heavy atom. The van der Waals surface area contributed by atoms with Crippen LogP contribution in [0.2, 0.25) is 0 Å². The number of nitrogens with one attached hydrogen (secondary N) is 1. The van der Waals surface area contributed by atoms with E-state index in [0.29, 0.717) is 16.8 Å². The van der Waals surface area contributed by atoms with Crippen LogP contribution < -0.4 is 4.72 Å². The maximum absolute atomic E-state index is 11.1. The largest absolute Gasteiger partial charge is 0.267 e. The number of sulfonamides is 1. The smallest absolute Gasteiger partial charge is 0.230 e. The fourth-order valence-corrected chi connectivity index (χ4v) is 2.13. The zero-order chi connectivity index (χ0) is 10.9. The molecule has 0 aliphatic heterocycles. The molecule has 1 aromatic rings. The summed E-state index contributed by atoms with van der Waals surface area (Å²) in [6.07, 6.45) is 1.11. The van der Waals surface area contributed by atoms with Gasteiger partial charge in [0.2, 0.25) is 10.0 Å². The average Bonchev–Trinajstić information content (AvgIpc) is 2.30. The van der Waals surface area contributed by atoms with Gasteiger partial charge in [0.25, 0.3) is 0 Å². The summed E-state index contributed by atoms with van der Waals surface area (Å²) in [5.74, 6) is 0.479. The van der Waals surface area contributed by atoms with E-state index in [2.05, 4.69) is 25.8 Å². The summed E-state index contributed by atoms with van der Waals surface area (Å²) in [6, 6.07) is 0. The Hall–Kier alpha value is -0.560. The van der Waals surface area contributed by atoms with Crippen LogP contribution in [-0.4, -0.2) is 24.5 Å². The first-order valence-electron chi connectivity index (χ1n) is 4.06. The van der Waals surface area contributed by atoms with E-state index in [1.165, 1.54) is 0 Å². The standard InChI is InChI=1S/C7H12BrN3O2S/c1-4-11-7(10-14(3,12)13)6(8)5(2)9-11/h10H,4H2,1-3H3. The highest BCUT2D eigenvalue weighted by Crippen LogP contribution is 2.26. The molecule has 7 heteroatoms. The molecule has 0 aromatic carbocycles. The van der Waals surface area contributed by atoms with Crippen molar-refractivity contribution in [3.8, 4) is 0 Å². The lowest BCUT2D eigenvalue weighted by atomic mass is 10.5. The van der Waals surface area contributed by atoms with Gasteiger partial charge in [-0.3, -0.25) is 4.72 Å². The van der Waals surface area contributed by atoms with Gasteiger partial charge in [0.15, 0.2) is 5.82 Å². The van der Waals surface area contributed by atoms with Crippen LogP contribution in [0.4, 0.5) is 5.82 Å². The lowest BCUT2D eigenvalue weighted by molar-refractivity contribution is 0.604. The Morgan fingerprint density at radius 3 is 2.57 bits per heavy atom. The predicted octanol–water partition coefficient (Wildman–Crippen LogP) is 1.35. The average molecular weight is 282 g/mol. The molecular weight excluding hydrogens is 270 g/mol. The molecule has 0 fully saturated rings. The quantitative estimate of drug-likeness (QED) is 0.910. The van der Waals surface area contributed by atoms with Gasteiger partial charge in [-0.15, -0.1) is 0 Å². The Kier molecular flexibility index (Phi) is 3.20. The van der Waals surface area contributed by atoms with Gasteiger partial charge in [0.1, 0.15) is 0 Å². The fourth-order valence-electron chi connectivity index (χ4n) is 1.06. The van der Waals surface area contributed by atoms with Gasteiger partial charge < -0.3 is 0 Å². The number of aromatic nitrogens is 2. The Balaban J connectivity index is 3.18. The van der Waals surface area contributed by atoms with Crippen molar-refractivity contribution in [2.75, 3.05) is 11.0 Å². The molecule has 0 atom stereocenters. The van der Waals surface area contributed by atoms with Crippen LogP contribution in [0, 0.1) is 6.92 Å². The highest BCUT2D eigenvalue weighted by molar-refractivity contribution is 9.10. The second-order valence-electron chi connectivity index (χ2n) is 2.94. The first kappa shape index (κ1) is 11.5. The van der Waals surface area contributed by atoms with Crippen LogP contribution in [0.1, 0.15) is 12.6 Å². The molecule has 0 aliphatic rings. The number of aryl methyl sites for hydroxylation is 2. The van der Waals surface area contributed by atoms with E-state index in [9.17, 15) is 8.42 Å². The van der Waals surface area contributed by atoms with E-state index in [-0.39, 0.29) is 0 Å². The number of hydrogen-bond donors (Lipinski definition) is 1. The molecular formula is C7H12BrN3O2S. The van der Waals surface area contributed by atoms with Crippen LogP contribution in [0.25, 0.3) is 0 Å². The lowest BCUT2D eigenvalue weighted by Crippen LogP contribution is -2.14. The molecule has 0 unspecified atom stereocenters. The molecule has 0 saturated heterocycles. The fraction of sp³-hybridized carbons (Fsp3) is 0.571. The van der Waals surface area contributed by atoms with Crippen molar-refractivity contribution in [3.05, 3.63) is 10.2 Å². The van der Waals surface area contributed by atoms with E-state index in [1.807, 2.05) is 13.8 Å². The highest BCUT2D eigenvalue weighted by Gasteiger charge is 2.14. The molecule has 1 aromatic heterocycles. The maximum Gasteiger partial charge on any atom is 0.230 e. The number of hydrogen-bond acceptors (Lipinski definition) is 3. The minimum atomic E-state index is -3.26. The maximum atomic E-state index is 11.1. The second kappa shape index (κ2) is 3.90. The first-order valence-corrected chi connectivity index (χ1v) is 6.74. The van der Waals surface area contributed by atoms with Gasteiger partial charge in [0.05, 0.1) is 16.4 Å². The SMILES string of the molecule is CCn1nc(C)c(Br)c1NS(C)(=O)=O. The molecule has 5 nitrogen and oxygen atoms in total. The van der Waals surface area contributed by atoms with Crippen molar-refractivity contribution in [3.63, 3.8) is 0 Å².